The number of carbonyl (C=O) groups excluding carboxylic acids is 1. The van der Waals surface area contributed by atoms with Crippen LogP contribution in [0.15, 0.2) is 5.51 Å². The van der Waals surface area contributed by atoms with Gasteiger partial charge in [0.05, 0.1) is 21.1 Å². The molecule has 0 saturated carbocycles. The number of amides is 1. The normalized spacial score (nSPS) is 11.2. The van der Waals surface area contributed by atoms with Crippen LogP contribution in [0, 0.1) is 6.92 Å². The van der Waals surface area contributed by atoms with Crippen molar-refractivity contribution in [3.8, 4) is 10.6 Å². The number of nitrogens with zero attached hydrogens (tertiary/aromatic N) is 2. The van der Waals surface area contributed by atoms with Gasteiger partial charge < -0.3 is 5.73 Å². The van der Waals surface area contributed by atoms with Crippen LogP contribution in [0.3, 0.4) is 0 Å². The lowest BCUT2D eigenvalue weighted by atomic mass is 10.1. The van der Waals surface area contributed by atoms with Crippen LogP contribution in [0.2, 0.25) is 0 Å². The fraction of sp³-hybridized carbons (Fsp3) is 0.462. The summed E-state index contributed by atoms with van der Waals surface area (Å²) in [6.45, 7) is 6.20. The molecule has 0 aliphatic carbocycles. The number of thiazole rings is 2. The lowest BCUT2D eigenvalue weighted by Crippen LogP contribution is -2.10. The molecule has 1 amide bonds. The molecule has 6 heteroatoms. The van der Waals surface area contributed by atoms with E-state index < -0.39 is 5.91 Å². The van der Waals surface area contributed by atoms with E-state index in [1.807, 2.05) is 6.92 Å². The second-order valence-electron chi connectivity index (χ2n) is 4.37. The summed E-state index contributed by atoms with van der Waals surface area (Å²) in [6.07, 6.45) is 2.03. The van der Waals surface area contributed by atoms with E-state index >= 15 is 0 Å². The molecule has 2 aromatic rings. The SMILES string of the molecule is CCC(CC)c1nc(-c2scnc2C)c(C(N)=O)s1. The molecule has 2 rings (SSSR count). The largest absolute Gasteiger partial charge is 0.365 e. The van der Waals surface area contributed by atoms with Crippen molar-refractivity contribution in [1.29, 1.82) is 0 Å². The predicted octanol–water partition coefficient (Wildman–Crippen LogP) is 3.58. The Balaban J connectivity index is 2.54. The lowest BCUT2D eigenvalue weighted by Gasteiger charge is -2.06. The molecule has 0 aliphatic rings. The minimum absolute atomic E-state index is 0.394. The fourth-order valence-electron chi connectivity index (χ4n) is 2.00. The van der Waals surface area contributed by atoms with Gasteiger partial charge in [0.1, 0.15) is 10.6 Å². The van der Waals surface area contributed by atoms with E-state index in [-0.39, 0.29) is 0 Å². The summed E-state index contributed by atoms with van der Waals surface area (Å²) in [4.78, 5) is 22.0. The molecule has 0 spiro atoms. The lowest BCUT2D eigenvalue weighted by molar-refractivity contribution is 0.100. The van der Waals surface area contributed by atoms with Crippen molar-refractivity contribution in [2.75, 3.05) is 0 Å². The van der Waals surface area contributed by atoms with Crippen LogP contribution >= 0.6 is 22.7 Å². The van der Waals surface area contributed by atoms with Gasteiger partial charge in [-0.05, 0) is 19.8 Å². The van der Waals surface area contributed by atoms with Crippen LogP contribution < -0.4 is 5.73 Å². The molecule has 0 saturated heterocycles. The van der Waals surface area contributed by atoms with Gasteiger partial charge in [0.25, 0.3) is 5.91 Å². The zero-order valence-electron chi connectivity index (χ0n) is 11.3. The topological polar surface area (TPSA) is 68.9 Å². The maximum Gasteiger partial charge on any atom is 0.261 e. The first kappa shape index (κ1) is 14.1. The summed E-state index contributed by atoms with van der Waals surface area (Å²) in [5, 5.41) is 1.00. The summed E-state index contributed by atoms with van der Waals surface area (Å²) in [5.41, 5.74) is 8.86. The van der Waals surface area contributed by atoms with Gasteiger partial charge >= 0.3 is 0 Å². The number of hydrogen-bond donors (Lipinski definition) is 1. The third-order valence-electron chi connectivity index (χ3n) is 3.16. The van der Waals surface area contributed by atoms with Gasteiger partial charge in [-0.25, -0.2) is 9.97 Å². The van der Waals surface area contributed by atoms with Crippen molar-refractivity contribution in [2.24, 2.45) is 5.73 Å². The van der Waals surface area contributed by atoms with E-state index in [1.54, 1.807) is 5.51 Å². The Kier molecular flexibility index (Phi) is 4.31. The molecule has 0 fully saturated rings. The highest BCUT2D eigenvalue weighted by Gasteiger charge is 2.22. The molecule has 102 valence electrons. The minimum Gasteiger partial charge on any atom is -0.365 e. The van der Waals surface area contributed by atoms with Crippen molar-refractivity contribution >= 4 is 28.6 Å². The molecule has 0 unspecified atom stereocenters. The van der Waals surface area contributed by atoms with Gasteiger partial charge in [-0.15, -0.1) is 22.7 Å². The third-order valence-corrected chi connectivity index (χ3v) is 5.33. The first-order chi connectivity index (χ1) is 9.08. The zero-order valence-corrected chi connectivity index (χ0v) is 12.9. The Morgan fingerprint density at radius 1 is 1.42 bits per heavy atom. The average molecular weight is 295 g/mol. The highest BCUT2D eigenvalue weighted by atomic mass is 32.1. The number of nitrogens with two attached hydrogens (primary N) is 1. The van der Waals surface area contributed by atoms with E-state index in [9.17, 15) is 4.79 Å². The molecule has 2 aromatic heterocycles. The Labute approximate surface area is 120 Å². The van der Waals surface area contributed by atoms with Gasteiger partial charge in [0.15, 0.2) is 0 Å². The summed E-state index contributed by atoms with van der Waals surface area (Å²) >= 11 is 2.92. The standard InChI is InChI=1S/C13H17N3OS2/c1-4-8(5-2)13-16-9(11(19-13)12(14)17)10-7(3)15-6-18-10/h6,8H,4-5H2,1-3H3,(H2,14,17). The van der Waals surface area contributed by atoms with Crippen LogP contribution in [0.1, 0.15) is 53.0 Å². The number of carbonyl (C=O) groups is 1. The molecule has 2 heterocycles. The Morgan fingerprint density at radius 3 is 2.58 bits per heavy atom. The van der Waals surface area contributed by atoms with E-state index in [2.05, 4.69) is 23.8 Å². The summed E-state index contributed by atoms with van der Waals surface area (Å²) in [7, 11) is 0. The van der Waals surface area contributed by atoms with Gasteiger partial charge in [-0.2, -0.15) is 0 Å². The molecular formula is C13H17N3OS2. The maximum absolute atomic E-state index is 11.6. The number of rotatable bonds is 5. The molecule has 0 atom stereocenters. The Morgan fingerprint density at radius 2 is 2.11 bits per heavy atom. The number of primary amides is 1. The number of aromatic nitrogens is 2. The highest BCUT2D eigenvalue weighted by molar-refractivity contribution is 7.16. The van der Waals surface area contributed by atoms with Crippen molar-refractivity contribution in [3.05, 3.63) is 21.1 Å². The van der Waals surface area contributed by atoms with Crippen LogP contribution in [0.4, 0.5) is 0 Å². The molecule has 0 aliphatic heterocycles. The monoisotopic (exact) mass is 295 g/mol. The van der Waals surface area contributed by atoms with Crippen molar-refractivity contribution < 1.29 is 4.79 Å². The zero-order chi connectivity index (χ0) is 14.0. The maximum atomic E-state index is 11.6. The van der Waals surface area contributed by atoms with Gasteiger partial charge in [0, 0.05) is 5.92 Å². The fourth-order valence-corrected chi connectivity index (χ4v) is 4.05. The smallest absolute Gasteiger partial charge is 0.261 e. The Hall–Kier alpha value is -1.27. The van der Waals surface area contributed by atoms with Crippen LogP contribution in [0.25, 0.3) is 10.6 Å². The first-order valence-corrected chi connectivity index (χ1v) is 7.99. The summed E-state index contributed by atoms with van der Waals surface area (Å²) in [6, 6.07) is 0. The second kappa shape index (κ2) is 5.79. The van der Waals surface area contributed by atoms with E-state index in [0.717, 1.165) is 28.4 Å². The summed E-state index contributed by atoms with van der Waals surface area (Å²) in [5.74, 6) is -0.0115. The van der Waals surface area contributed by atoms with Gasteiger partial charge in [0.2, 0.25) is 0 Å². The van der Waals surface area contributed by atoms with Gasteiger partial charge in [-0.1, -0.05) is 13.8 Å². The molecule has 0 aromatic carbocycles. The van der Waals surface area contributed by atoms with Crippen molar-refractivity contribution in [3.63, 3.8) is 0 Å². The van der Waals surface area contributed by atoms with Crippen LogP contribution in [-0.4, -0.2) is 15.9 Å². The van der Waals surface area contributed by atoms with Crippen LogP contribution in [0.5, 0.6) is 0 Å². The molecule has 19 heavy (non-hydrogen) atoms. The number of hydrogen-bond acceptors (Lipinski definition) is 5. The number of aryl methyl sites for hydroxylation is 1. The predicted molar refractivity (Wildman–Crippen MR) is 79.8 cm³/mol. The van der Waals surface area contributed by atoms with E-state index in [0.29, 0.717) is 16.5 Å². The third kappa shape index (κ3) is 2.69. The van der Waals surface area contributed by atoms with Crippen LogP contribution in [-0.2, 0) is 0 Å². The molecule has 2 N–H and O–H groups in total. The van der Waals surface area contributed by atoms with Crippen molar-refractivity contribution in [2.45, 2.75) is 39.5 Å². The molecular weight excluding hydrogens is 278 g/mol. The van der Waals surface area contributed by atoms with Crippen molar-refractivity contribution in [1.82, 2.24) is 9.97 Å². The molecule has 0 radical (unpaired) electrons. The second-order valence-corrected chi connectivity index (χ2v) is 6.26. The van der Waals surface area contributed by atoms with Gasteiger partial charge in [-0.3, -0.25) is 4.79 Å². The Bertz CT molecular complexity index is 584. The first-order valence-electron chi connectivity index (χ1n) is 6.29. The molecule has 4 nitrogen and oxygen atoms in total. The van der Waals surface area contributed by atoms with E-state index in [4.69, 9.17) is 5.73 Å². The quantitative estimate of drug-likeness (QED) is 0.916. The molecule has 0 bridgehead atoms. The highest BCUT2D eigenvalue weighted by Crippen LogP contribution is 2.36. The minimum atomic E-state index is -0.405. The van der Waals surface area contributed by atoms with E-state index in [1.165, 1.54) is 22.7 Å². The average Bonchev–Trinajstić information content (AvgIpc) is 2.97. The summed E-state index contributed by atoms with van der Waals surface area (Å²) < 4.78 is 0.